The van der Waals surface area contributed by atoms with Crippen LogP contribution in [0.1, 0.15) is 53.0 Å². The Hall–Kier alpha value is -3.03. The van der Waals surface area contributed by atoms with Crippen molar-refractivity contribution in [2.45, 2.75) is 44.9 Å². The van der Waals surface area contributed by atoms with Crippen molar-refractivity contribution < 1.29 is 9.53 Å². The summed E-state index contributed by atoms with van der Waals surface area (Å²) in [6.45, 7) is 6.15. The SMILES string of the molecule is CC1CN(Cc2cccc(CNC(=O)c3nnn(-c4ccccc4)c3C3CC3)c2)CCO1. The van der Waals surface area contributed by atoms with E-state index in [1.807, 2.05) is 41.1 Å². The molecule has 1 amide bonds. The molecule has 32 heavy (non-hydrogen) atoms. The molecule has 1 atom stereocenters. The predicted molar refractivity (Wildman–Crippen MR) is 122 cm³/mol. The molecule has 2 fully saturated rings. The molecule has 1 unspecified atom stereocenters. The zero-order chi connectivity index (χ0) is 21.9. The van der Waals surface area contributed by atoms with Crippen molar-refractivity contribution in [2.24, 2.45) is 0 Å². The van der Waals surface area contributed by atoms with Crippen LogP contribution in [0.15, 0.2) is 54.6 Å². The second-order valence-corrected chi connectivity index (χ2v) is 8.76. The fourth-order valence-corrected chi connectivity index (χ4v) is 4.33. The van der Waals surface area contributed by atoms with Crippen LogP contribution < -0.4 is 5.32 Å². The summed E-state index contributed by atoms with van der Waals surface area (Å²) in [6, 6.07) is 18.3. The third-order valence-corrected chi connectivity index (χ3v) is 6.06. The maximum Gasteiger partial charge on any atom is 0.274 e. The quantitative estimate of drug-likeness (QED) is 0.622. The zero-order valence-corrected chi connectivity index (χ0v) is 18.4. The topological polar surface area (TPSA) is 72.3 Å². The number of para-hydroxylation sites is 1. The maximum absolute atomic E-state index is 13.0. The number of ether oxygens (including phenoxy) is 1. The first-order valence-electron chi connectivity index (χ1n) is 11.4. The van der Waals surface area contributed by atoms with Crippen molar-refractivity contribution in [3.8, 4) is 5.69 Å². The Morgan fingerprint density at radius 2 is 1.94 bits per heavy atom. The molecule has 3 aromatic rings. The Bertz CT molecular complexity index is 1080. The molecule has 1 aromatic heterocycles. The summed E-state index contributed by atoms with van der Waals surface area (Å²) in [6.07, 6.45) is 2.42. The normalized spacial score (nSPS) is 19.1. The molecular formula is C25H29N5O2. The molecule has 1 aliphatic heterocycles. The van der Waals surface area contributed by atoms with E-state index in [0.29, 0.717) is 18.2 Å². The van der Waals surface area contributed by atoms with Gasteiger partial charge >= 0.3 is 0 Å². The number of aromatic nitrogens is 3. The summed E-state index contributed by atoms with van der Waals surface area (Å²) in [5.74, 6) is 0.187. The number of hydrogen-bond acceptors (Lipinski definition) is 5. The molecule has 1 aliphatic carbocycles. The lowest BCUT2D eigenvalue weighted by molar-refractivity contribution is -0.0212. The van der Waals surface area contributed by atoms with E-state index in [0.717, 1.165) is 56.0 Å². The number of amides is 1. The van der Waals surface area contributed by atoms with Gasteiger partial charge in [-0.15, -0.1) is 5.10 Å². The van der Waals surface area contributed by atoms with Gasteiger partial charge < -0.3 is 10.1 Å². The van der Waals surface area contributed by atoms with Crippen molar-refractivity contribution in [2.75, 3.05) is 19.7 Å². The summed E-state index contributed by atoms with van der Waals surface area (Å²) in [5, 5.41) is 11.6. The van der Waals surface area contributed by atoms with Crippen molar-refractivity contribution >= 4 is 5.91 Å². The maximum atomic E-state index is 13.0. The third kappa shape index (κ3) is 4.74. The number of morpholine rings is 1. The Balaban J connectivity index is 1.26. The van der Waals surface area contributed by atoms with E-state index in [1.165, 1.54) is 5.56 Å². The first kappa shape index (κ1) is 20.8. The Labute approximate surface area is 188 Å². The molecule has 7 heteroatoms. The molecule has 166 valence electrons. The summed E-state index contributed by atoms with van der Waals surface area (Å²) < 4.78 is 7.45. The molecule has 1 saturated heterocycles. The number of nitrogens with zero attached hydrogens (tertiary/aromatic N) is 4. The van der Waals surface area contributed by atoms with Crippen molar-refractivity contribution in [1.82, 2.24) is 25.2 Å². The van der Waals surface area contributed by atoms with Crippen LogP contribution >= 0.6 is 0 Å². The highest BCUT2D eigenvalue weighted by Crippen LogP contribution is 2.41. The van der Waals surface area contributed by atoms with Crippen LogP contribution in [0, 0.1) is 0 Å². The van der Waals surface area contributed by atoms with Gasteiger partial charge in [-0.2, -0.15) is 0 Å². The number of hydrogen-bond donors (Lipinski definition) is 1. The van der Waals surface area contributed by atoms with Gasteiger partial charge in [-0.3, -0.25) is 9.69 Å². The van der Waals surface area contributed by atoms with Crippen molar-refractivity contribution in [3.63, 3.8) is 0 Å². The summed E-state index contributed by atoms with van der Waals surface area (Å²) in [4.78, 5) is 15.4. The highest BCUT2D eigenvalue weighted by molar-refractivity contribution is 5.93. The Morgan fingerprint density at radius 3 is 2.72 bits per heavy atom. The van der Waals surface area contributed by atoms with Crippen LogP contribution in [0.2, 0.25) is 0 Å². The first-order valence-corrected chi connectivity index (χ1v) is 11.4. The molecule has 0 bridgehead atoms. The monoisotopic (exact) mass is 431 g/mol. The van der Waals surface area contributed by atoms with E-state index >= 15 is 0 Å². The standard InChI is InChI=1S/C25H29N5O2/c1-18-16-29(12-13-32-18)17-20-7-5-6-19(14-20)15-26-25(31)23-24(21-10-11-21)30(28-27-23)22-8-3-2-4-9-22/h2-9,14,18,21H,10-13,15-17H2,1H3,(H,26,31). The molecule has 2 aliphatic rings. The highest BCUT2D eigenvalue weighted by Gasteiger charge is 2.34. The minimum Gasteiger partial charge on any atom is -0.376 e. The summed E-state index contributed by atoms with van der Waals surface area (Å²) in [5.41, 5.74) is 4.63. The van der Waals surface area contributed by atoms with E-state index < -0.39 is 0 Å². The van der Waals surface area contributed by atoms with E-state index in [1.54, 1.807) is 0 Å². The molecule has 0 spiro atoms. The first-order chi connectivity index (χ1) is 15.7. The lowest BCUT2D eigenvalue weighted by Gasteiger charge is -2.31. The fraction of sp³-hybridized carbons (Fsp3) is 0.400. The van der Waals surface area contributed by atoms with E-state index in [4.69, 9.17) is 4.74 Å². The van der Waals surface area contributed by atoms with Crippen LogP contribution in [-0.4, -0.2) is 51.6 Å². The van der Waals surface area contributed by atoms with Gasteiger partial charge in [0.1, 0.15) is 0 Å². The molecule has 7 nitrogen and oxygen atoms in total. The van der Waals surface area contributed by atoms with Gasteiger partial charge in [-0.25, -0.2) is 4.68 Å². The molecule has 2 aromatic carbocycles. The molecule has 5 rings (SSSR count). The lowest BCUT2D eigenvalue weighted by Crippen LogP contribution is -2.40. The Morgan fingerprint density at radius 1 is 1.12 bits per heavy atom. The summed E-state index contributed by atoms with van der Waals surface area (Å²) >= 11 is 0. The van der Waals surface area contributed by atoms with Crippen LogP contribution in [-0.2, 0) is 17.8 Å². The number of benzene rings is 2. The number of carbonyl (C=O) groups excluding carboxylic acids is 1. The third-order valence-electron chi connectivity index (χ3n) is 6.06. The van der Waals surface area contributed by atoms with Crippen LogP contribution in [0.3, 0.4) is 0 Å². The van der Waals surface area contributed by atoms with Crippen LogP contribution in [0.25, 0.3) is 5.69 Å². The predicted octanol–water partition coefficient (Wildman–Crippen LogP) is 3.30. The van der Waals surface area contributed by atoms with Gasteiger partial charge in [-0.05, 0) is 43.0 Å². The molecular weight excluding hydrogens is 402 g/mol. The lowest BCUT2D eigenvalue weighted by atomic mass is 10.1. The van der Waals surface area contributed by atoms with Gasteiger partial charge in [0.2, 0.25) is 0 Å². The minimum atomic E-state index is -0.165. The van der Waals surface area contributed by atoms with E-state index in [9.17, 15) is 4.79 Å². The second-order valence-electron chi connectivity index (χ2n) is 8.76. The van der Waals surface area contributed by atoms with E-state index in [-0.39, 0.29) is 12.0 Å². The van der Waals surface area contributed by atoms with Crippen molar-refractivity contribution in [3.05, 3.63) is 77.1 Å². The molecule has 1 N–H and O–H groups in total. The minimum absolute atomic E-state index is 0.165. The van der Waals surface area contributed by atoms with Gasteiger partial charge in [0.25, 0.3) is 5.91 Å². The zero-order valence-electron chi connectivity index (χ0n) is 18.4. The number of rotatable bonds is 7. The number of carbonyl (C=O) groups is 1. The Kier molecular flexibility index (Phi) is 6.01. The molecule has 2 heterocycles. The van der Waals surface area contributed by atoms with Crippen LogP contribution in [0.5, 0.6) is 0 Å². The smallest absolute Gasteiger partial charge is 0.274 e. The summed E-state index contributed by atoms with van der Waals surface area (Å²) in [7, 11) is 0. The van der Waals surface area contributed by atoms with Gasteiger partial charge in [0.15, 0.2) is 5.69 Å². The second kappa shape index (κ2) is 9.22. The largest absolute Gasteiger partial charge is 0.376 e. The van der Waals surface area contributed by atoms with E-state index in [2.05, 4.69) is 45.7 Å². The van der Waals surface area contributed by atoms with Gasteiger partial charge in [-0.1, -0.05) is 47.7 Å². The van der Waals surface area contributed by atoms with Gasteiger partial charge in [0.05, 0.1) is 24.1 Å². The molecule has 1 saturated carbocycles. The fourth-order valence-electron chi connectivity index (χ4n) is 4.33. The average Bonchev–Trinajstić information content (AvgIpc) is 3.56. The number of nitrogens with one attached hydrogen (secondary N) is 1. The molecule has 0 radical (unpaired) electrons. The highest BCUT2D eigenvalue weighted by atomic mass is 16.5. The van der Waals surface area contributed by atoms with Crippen molar-refractivity contribution in [1.29, 1.82) is 0 Å². The van der Waals surface area contributed by atoms with Gasteiger partial charge in [0, 0.05) is 32.1 Å². The van der Waals surface area contributed by atoms with Crippen LogP contribution in [0.4, 0.5) is 0 Å². The average molecular weight is 432 g/mol.